The van der Waals surface area contributed by atoms with Crippen LogP contribution in [-0.4, -0.2) is 9.55 Å². The number of benzene rings is 1. The molecule has 0 aliphatic rings. The van der Waals surface area contributed by atoms with Crippen LogP contribution in [0.15, 0.2) is 30.7 Å². The highest BCUT2D eigenvalue weighted by Crippen LogP contribution is 2.12. The summed E-state index contributed by atoms with van der Waals surface area (Å²) in [6, 6.07) is 4.76. The van der Waals surface area contributed by atoms with Gasteiger partial charge in [-0.3, -0.25) is 0 Å². The van der Waals surface area contributed by atoms with E-state index in [9.17, 15) is 4.39 Å². The first kappa shape index (κ1) is 9.71. The number of hydrogen-bond acceptors (Lipinski definition) is 2. The molecule has 0 saturated carbocycles. The van der Waals surface area contributed by atoms with E-state index in [4.69, 9.17) is 5.73 Å². The molecule has 0 fully saturated rings. The van der Waals surface area contributed by atoms with E-state index in [1.807, 2.05) is 11.5 Å². The number of halogens is 1. The lowest BCUT2D eigenvalue weighted by molar-refractivity contribution is 0.622. The molecule has 0 aliphatic carbocycles. The number of aryl methyl sites for hydroxylation is 1. The van der Waals surface area contributed by atoms with Crippen LogP contribution in [0.3, 0.4) is 0 Å². The molecule has 2 N–H and O–H groups in total. The van der Waals surface area contributed by atoms with Crippen molar-refractivity contribution in [1.82, 2.24) is 9.55 Å². The molecule has 1 heterocycles. The summed E-state index contributed by atoms with van der Waals surface area (Å²) in [7, 11) is 0. The highest BCUT2D eigenvalue weighted by atomic mass is 19.1. The average Bonchev–Trinajstić information content (AvgIpc) is 2.58. The fourth-order valence-corrected chi connectivity index (χ4v) is 1.47. The molecule has 78 valence electrons. The number of nitrogen functional groups attached to an aromatic ring is 1. The second kappa shape index (κ2) is 3.73. The van der Waals surface area contributed by atoms with Crippen LogP contribution in [0.4, 0.5) is 10.2 Å². The largest absolute Gasteiger partial charge is 0.382 e. The fourth-order valence-electron chi connectivity index (χ4n) is 1.47. The highest BCUT2D eigenvalue weighted by molar-refractivity contribution is 5.28. The minimum Gasteiger partial charge on any atom is -0.382 e. The Bertz CT molecular complexity index is 476. The molecule has 15 heavy (non-hydrogen) atoms. The van der Waals surface area contributed by atoms with Gasteiger partial charge in [0.05, 0.1) is 6.33 Å². The molecule has 0 atom stereocenters. The first-order valence-electron chi connectivity index (χ1n) is 4.67. The molecule has 4 heteroatoms. The van der Waals surface area contributed by atoms with Gasteiger partial charge in [0.1, 0.15) is 11.6 Å². The van der Waals surface area contributed by atoms with Gasteiger partial charge < -0.3 is 10.3 Å². The predicted octanol–water partition coefficient (Wildman–Crippen LogP) is 1.96. The van der Waals surface area contributed by atoms with Crippen LogP contribution in [0.1, 0.15) is 11.1 Å². The third-order valence-electron chi connectivity index (χ3n) is 2.32. The Morgan fingerprint density at radius 1 is 1.47 bits per heavy atom. The Morgan fingerprint density at radius 2 is 2.27 bits per heavy atom. The maximum atomic E-state index is 13.0. The highest BCUT2D eigenvalue weighted by Gasteiger charge is 2.02. The summed E-state index contributed by atoms with van der Waals surface area (Å²) in [5, 5.41) is 0. The molecule has 0 radical (unpaired) electrons. The van der Waals surface area contributed by atoms with Crippen LogP contribution >= 0.6 is 0 Å². The molecular weight excluding hydrogens is 193 g/mol. The lowest BCUT2D eigenvalue weighted by atomic mass is 10.1. The Hall–Kier alpha value is -1.84. The predicted molar refractivity (Wildman–Crippen MR) is 56.9 cm³/mol. The lowest BCUT2D eigenvalue weighted by Gasteiger charge is -2.06. The number of nitrogens with zero attached hydrogens (tertiary/aromatic N) is 2. The number of hydrogen-bond donors (Lipinski definition) is 1. The van der Waals surface area contributed by atoms with Gasteiger partial charge in [-0.05, 0) is 30.2 Å². The Kier molecular flexibility index (Phi) is 2.41. The quantitative estimate of drug-likeness (QED) is 0.814. The first-order valence-corrected chi connectivity index (χ1v) is 4.67. The van der Waals surface area contributed by atoms with Gasteiger partial charge in [-0.25, -0.2) is 9.37 Å². The van der Waals surface area contributed by atoms with Crippen LogP contribution in [0, 0.1) is 12.7 Å². The molecule has 1 aromatic heterocycles. The van der Waals surface area contributed by atoms with Gasteiger partial charge in [-0.1, -0.05) is 6.07 Å². The monoisotopic (exact) mass is 205 g/mol. The second-order valence-electron chi connectivity index (χ2n) is 3.54. The van der Waals surface area contributed by atoms with Crippen molar-refractivity contribution in [3.05, 3.63) is 47.7 Å². The SMILES string of the molecule is Cc1ccc(F)cc1Cn1cnc(N)c1. The average molecular weight is 205 g/mol. The number of rotatable bonds is 2. The molecule has 0 amide bonds. The van der Waals surface area contributed by atoms with Gasteiger partial charge in [0.15, 0.2) is 0 Å². The van der Waals surface area contributed by atoms with E-state index in [1.165, 1.54) is 12.1 Å². The molecule has 0 saturated heterocycles. The molecule has 2 rings (SSSR count). The molecular formula is C11H12FN3. The third-order valence-corrected chi connectivity index (χ3v) is 2.32. The summed E-state index contributed by atoms with van der Waals surface area (Å²) in [5.74, 6) is 0.257. The van der Waals surface area contributed by atoms with Crippen molar-refractivity contribution < 1.29 is 4.39 Å². The molecule has 0 bridgehead atoms. The summed E-state index contributed by atoms with van der Waals surface area (Å²) in [5.41, 5.74) is 7.49. The lowest BCUT2D eigenvalue weighted by Crippen LogP contribution is -1.99. The summed E-state index contributed by atoms with van der Waals surface area (Å²) < 4.78 is 14.8. The standard InChI is InChI=1S/C11H12FN3/c1-8-2-3-10(12)4-9(8)5-15-6-11(13)14-7-15/h2-4,6-7H,5,13H2,1H3. The zero-order valence-electron chi connectivity index (χ0n) is 8.44. The number of anilines is 1. The van der Waals surface area contributed by atoms with Crippen molar-refractivity contribution in [2.75, 3.05) is 5.73 Å². The van der Waals surface area contributed by atoms with Crippen molar-refractivity contribution in [2.24, 2.45) is 0 Å². The normalized spacial score (nSPS) is 10.5. The van der Waals surface area contributed by atoms with E-state index in [0.717, 1.165) is 11.1 Å². The Balaban J connectivity index is 2.27. The molecule has 0 aliphatic heterocycles. The van der Waals surface area contributed by atoms with Gasteiger partial charge in [0.2, 0.25) is 0 Å². The van der Waals surface area contributed by atoms with Crippen LogP contribution < -0.4 is 5.73 Å². The minimum atomic E-state index is -0.219. The van der Waals surface area contributed by atoms with Crippen molar-refractivity contribution >= 4 is 5.82 Å². The summed E-state index contributed by atoms with van der Waals surface area (Å²) >= 11 is 0. The Labute approximate surface area is 87.4 Å². The number of nitrogens with two attached hydrogens (primary N) is 1. The molecule has 0 spiro atoms. The topological polar surface area (TPSA) is 43.8 Å². The van der Waals surface area contributed by atoms with Crippen LogP contribution in [0.5, 0.6) is 0 Å². The fraction of sp³-hybridized carbons (Fsp3) is 0.182. The maximum Gasteiger partial charge on any atom is 0.141 e. The van der Waals surface area contributed by atoms with Crippen LogP contribution in [-0.2, 0) is 6.54 Å². The van der Waals surface area contributed by atoms with E-state index in [0.29, 0.717) is 12.4 Å². The van der Waals surface area contributed by atoms with E-state index < -0.39 is 0 Å². The summed E-state index contributed by atoms with van der Waals surface area (Å²) in [6.07, 6.45) is 3.37. The van der Waals surface area contributed by atoms with Gasteiger partial charge in [-0.15, -0.1) is 0 Å². The van der Waals surface area contributed by atoms with Crippen molar-refractivity contribution in [2.45, 2.75) is 13.5 Å². The molecule has 2 aromatic rings. The van der Waals surface area contributed by atoms with Crippen molar-refractivity contribution in [3.8, 4) is 0 Å². The van der Waals surface area contributed by atoms with Gasteiger partial charge >= 0.3 is 0 Å². The van der Waals surface area contributed by atoms with Gasteiger partial charge in [0, 0.05) is 12.7 Å². The van der Waals surface area contributed by atoms with Crippen molar-refractivity contribution in [1.29, 1.82) is 0 Å². The third kappa shape index (κ3) is 2.15. The van der Waals surface area contributed by atoms with E-state index >= 15 is 0 Å². The zero-order chi connectivity index (χ0) is 10.8. The number of aromatic nitrogens is 2. The van der Waals surface area contributed by atoms with E-state index in [-0.39, 0.29) is 5.82 Å². The number of imidazole rings is 1. The van der Waals surface area contributed by atoms with Gasteiger partial charge in [-0.2, -0.15) is 0 Å². The van der Waals surface area contributed by atoms with Crippen molar-refractivity contribution in [3.63, 3.8) is 0 Å². The smallest absolute Gasteiger partial charge is 0.141 e. The first-order chi connectivity index (χ1) is 7.15. The van der Waals surface area contributed by atoms with E-state index in [1.54, 1.807) is 18.6 Å². The Morgan fingerprint density at radius 3 is 2.93 bits per heavy atom. The molecule has 0 unspecified atom stereocenters. The molecule has 3 nitrogen and oxygen atoms in total. The van der Waals surface area contributed by atoms with Gasteiger partial charge in [0.25, 0.3) is 0 Å². The van der Waals surface area contributed by atoms with Crippen LogP contribution in [0.2, 0.25) is 0 Å². The van der Waals surface area contributed by atoms with E-state index in [2.05, 4.69) is 4.98 Å². The second-order valence-corrected chi connectivity index (χ2v) is 3.54. The summed E-state index contributed by atoms with van der Waals surface area (Å²) in [4.78, 5) is 3.91. The minimum absolute atomic E-state index is 0.219. The molecule has 1 aromatic carbocycles. The zero-order valence-corrected chi connectivity index (χ0v) is 8.44. The summed E-state index contributed by atoms with van der Waals surface area (Å²) in [6.45, 7) is 2.54. The maximum absolute atomic E-state index is 13.0. The van der Waals surface area contributed by atoms with Crippen LogP contribution in [0.25, 0.3) is 0 Å².